The Labute approximate surface area is 136 Å². The molecule has 1 aromatic heterocycles. The fourth-order valence-electron chi connectivity index (χ4n) is 2.78. The smallest absolute Gasteiger partial charge is 0.326 e. The highest BCUT2D eigenvalue weighted by molar-refractivity contribution is 5.85. The average Bonchev–Trinajstić information content (AvgIpc) is 2.59. The van der Waals surface area contributed by atoms with Crippen molar-refractivity contribution in [1.82, 2.24) is 15.3 Å². The summed E-state index contributed by atoms with van der Waals surface area (Å²) in [6.45, 7) is 5.21. The van der Waals surface area contributed by atoms with Crippen LogP contribution in [0.3, 0.4) is 0 Å². The van der Waals surface area contributed by atoms with E-state index < -0.39 is 12.0 Å². The van der Waals surface area contributed by atoms with Crippen LogP contribution in [-0.4, -0.2) is 46.1 Å². The number of nitrogens with zero attached hydrogens (tertiary/aromatic N) is 3. The summed E-state index contributed by atoms with van der Waals surface area (Å²) in [4.78, 5) is 34.1. The summed E-state index contributed by atoms with van der Waals surface area (Å²) in [6.07, 6.45) is 7.08. The van der Waals surface area contributed by atoms with Gasteiger partial charge in [0.1, 0.15) is 11.9 Å². The van der Waals surface area contributed by atoms with Gasteiger partial charge in [0.2, 0.25) is 5.91 Å². The minimum absolute atomic E-state index is 0.0869. The molecule has 23 heavy (non-hydrogen) atoms. The second kappa shape index (κ2) is 7.89. The minimum Gasteiger partial charge on any atom is -0.480 e. The van der Waals surface area contributed by atoms with E-state index in [1.54, 1.807) is 18.6 Å². The number of anilines is 1. The number of carbonyl (C=O) groups is 2. The van der Waals surface area contributed by atoms with Crippen molar-refractivity contribution in [3.63, 3.8) is 0 Å². The molecule has 1 fully saturated rings. The molecule has 7 heteroatoms. The fraction of sp³-hybridized carbons (Fsp3) is 0.625. The Bertz CT molecular complexity index is 529. The molecular formula is C16H24N4O3. The summed E-state index contributed by atoms with van der Waals surface area (Å²) in [6, 6.07) is -0.814. The van der Waals surface area contributed by atoms with E-state index in [9.17, 15) is 14.7 Å². The van der Waals surface area contributed by atoms with E-state index in [2.05, 4.69) is 20.2 Å². The largest absolute Gasteiger partial charge is 0.480 e. The third-order valence-corrected chi connectivity index (χ3v) is 4.52. The zero-order valence-electron chi connectivity index (χ0n) is 13.6. The van der Waals surface area contributed by atoms with Gasteiger partial charge >= 0.3 is 5.97 Å². The van der Waals surface area contributed by atoms with Crippen LogP contribution in [0.25, 0.3) is 0 Å². The molecule has 2 atom stereocenters. The van der Waals surface area contributed by atoms with Gasteiger partial charge in [-0.05, 0) is 18.8 Å². The average molecular weight is 320 g/mol. The van der Waals surface area contributed by atoms with E-state index in [4.69, 9.17) is 0 Å². The van der Waals surface area contributed by atoms with Crippen molar-refractivity contribution in [1.29, 1.82) is 0 Å². The first-order valence-corrected chi connectivity index (χ1v) is 8.07. The lowest BCUT2D eigenvalue weighted by Crippen LogP contribution is -2.49. The minimum atomic E-state index is -0.968. The molecule has 126 valence electrons. The monoisotopic (exact) mass is 320 g/mol. The molecule has 0 saturated carbocycles. The molecule has 0 unspecified atom stereocenters. The highest BCUT2D eigenvalue weighted by Crippen LogP contribution is 2.21. The first-order valence-electron chi connectivity index (χ1n) is 8.07. The number of carbonyl (C=O) groups excluding carboxylic acids is 1. The second-order valence-corrected chi connectivity index (χ2v) is 6.03. The molecule has 0 bridgehead atoms. The van der Waals surface area contributed by atoms with Crippen molar-refractivity contribution < 1.29 is 14.7 Å². The number of hydrogen-bond donors (Lipinski definition) is 2. The number of carboxylic acid groups (broad SMARTS) is 1. The highest BCUT2D eigenvalue weighted by atomic mass is 16.4. The quantitative estimate of drug-likeness (QED) is 0.820. The van der Waals surface area contributed by atoms with E-state index >= 15 is 0 Å². The number of nitrogens with one attached hydrogen (secondary N) is 1. The maximum absolute atomic E-state index is 12.4. The Morgan fingerprint density at radius 3 is 2.61 bits per heavy atom. The molecule has 1 saturated heterocycles. The summed E-state index contributed by atoms with van der Waals surface area (Å²) in [5.74, 6) is -0.541. The second-order valence-electron chi connectivity index (χ2n) is 6.03. The van der Waals surface area contributed by atoms with Crippen LogP contribution in [-0.2, 0) is 9.59 Å². The van der Waals surface area contributed by atoms with Crippen LogP contribution in [0.1, 0.15) is 33.1 Å². The summed E-state index contributed by atoms with van der Waals surface area (Å²) in [5, 5.41) is 12.0. The lowest BCUT2D eigenvalue weighted by atomic mass is 9.93. The predicted octanol–water partition coefficient (Wildman–Crippen LogP) is 1.31. The van der Waals surface area contributed by atoms with Crippen LogP contribution >= 0.6 is 0 Å². The van der Waals surface area contributed by atoms with Gasteiger partial charge in [0.15, 0.2) is 0 Å². The zero-order valence-corrected chi connectivity index (χ0v) is 13.6. The maximum atomic E-state index is 12.4. The standard InChI is InChI=1S/C16H24N4O3/c1-3-11(2)14(16(22)23)19-15(21)12-4-8-20(9-5-12)13-10-17-6-7-18-13/h6-7,10-12,14H,3-5,8-9H2,1-2H3,(H,19,21)(H,22,23)/t11-,14+/m1/s1. The van der Waals surface area contributed by atoms with E-state index in [0.29, 0.717) is 19.3 Å². The number of carboxylic acids is 1. The molecule has 2 heterocycles. The molecule has 0 spiro atoms. The van der Waals surface area contributed by atoms with E-state index in [1.165, 1.54) is 0 Å². The molecule has 2 N–H and O–H groups in total. The molecule has 0 aliphatic carbocycles. The van der Waals surface area contributed by atoms with Gasteiger partial charge in [0.05, 0.1) is 6.20 Å². The van der Waals surface area contributed by atoms with Crippen LogP contribution in [0.5, 0.6) is 0 Å². The Morgan fingerprint density at radius 2 is 2.09 bits per heavy atom. The number of aromatic nitrogens is 2. The Morgan fingerprint density at radius 1 is 1.39 bits per heavy atom. The number of rotatable bonds is 6. The molecule has 2 rings (SSSR count). The highest BCUT2D eigenvalue weighted by Gasteiger charge is 2.31. The Hall–Kier alpha value is -2.18. The fourth-order valence-corrected chi connectivity index (χ4v) is 2.78. The normalized spacial score (nSPS) is 18.3. The zero-order chi connectivity index (χ0) is 16.8. The molecule has 1 aliphatic rings. The topological polar surface area (TPSA) is 95.4 Å². The lowest BCUT2D eigenvalue weighted by Gasteiger charge is -2.32. The number of hydrogen-bond acceptors (Lipinski definition) is 5. The predicted molar refractivity (Wildman–Crippen MR) is 86.0 cm³/mol. The summed E-state index contributed by atoms with van der Waals surface area (Å²) >= 11 is 0. The van der Waals surface area contributed by atoms with Gasteiger partial charge in [-0.15, -0.1) is 0 Å². The SMILES string of the molecule is CC[C@@H](C)[C@H](NC(=O)C1CCN(c2cnccn2)CC1)C(=O)O. The number of piperidine rings is 1. The van der Waals surface area contributed by atoms with Gasteiger partial charge in [-0.3, -0.25) is 9.78 Å². The lowest BCUT2D eigenvalue weighted by molar-refractivity contribution is -0.144. The summed E-state index contributed by atoms with van der Waals surface area (Å²) in [5.41, 5.74) is 0. The maximum Gasteiger partial charge on any atom is 0.326 e. The van der Waals surface area contributed by atoms with E-state index in [1.807, 2.05) is 13.8 Å². The van der Waals surface area contributed by atoms with Gasteiger partial charge in [-0.2, -0.15) is 0 Å². The van der Waals surface area contributed by atoms with E-state index in [0.717, 1.165) is 18.9 Å². The molecule has 1 aliphatic heterocycles. The van der Waals surface area contributed by atoms with Crippen molar-refractivity contribution in [3.05, 3.63) is 18.6 Å². The molecule has 0 aromatic carbocycles. The van der Waals surface area contributed by atoms with Gasteiger partial charge in [-0.1, -0.05) is 20.3 Å². The summed E-state index contributed by atoms with van der Waals surface area (Å²) in [7, 11) is 0. The van der Waals surface area contributed by atoms with Crippen molar-refractivity contribution in [3.8, 4) is 0 Å². The van der Waals surface area contributed by atoms with Gasteiger partial charge in [0.25, 0.3) is 0 Å². The van der Waals surface area contributed by atoms with Crippen LogP contribution in [0, 0.1) is 11.8 Å². The molecular weight excluding hydrogens is 296 g/mol. The van der Waals surface area contributed by atoms with Crippen molar-refractivity contribution in [2.24, 2.45) is 11.8 Å². The van der Waals surface area contributed by atoms with Gasteiger partial charge in [-0.25, -0.2) is 9.78 Å². The Kier molecular flexibility index (Phi) is 5.90. The van der Waals surface area contributed by atoms with Crippen molar-refractivity contribution >= 4 is 17.7 Å². The Balaban J connectivity index is 1.89. The van der Waals surface area contributed by atoms with E-state index in [-0.39, 0.29) is 17.7 Å². The van der Waals surface area contributed by atoms with Crippen LogP contribution in [0.4, 0.5) is 5.82 Å². The van der Waals surface area contributed by atoms with Crippen molar-refractivity contribution in [2.75, 3.05) is 18.0 Å². The van der Waals surface area contributed by atoms with Crippen molar-refractivity contribution in [2.45, 2.75) is 39.2 Å². The van der Waals surface area contributed by atoms with Gasteiger partial charge in [0, 0.05) is 31.4 Å². The molecule has 1 aromatic rings. The van der Waals surface area contributed by atoms with Gasteiger partial charge < -0.3 is 15.3 Å². The molecule has 0 radical (unpaired) electrons. The van der Waals surface area contributed by atoms with Crippen LogP contribution < -0.4 is 10.2 Å². The van der Waals surface area contributed by atoms with Crippen LogP contribution in [0.2, 0.25) is 0 Å². The third kappa shape index (κ3) is 4.40. The van der Waals surface area contributed by atoms with Crippen LogP contribution in [0.15, 0.2) is 18.6 Å². The number of amides is 1. The number of aliphatic carboxylic acids is 1. The molecule has 1 amide bonds. The third-order valence-electron chi connectivity index (χ3n) is 4.52. The first-order chi connectivity index (χ1) is 11.0. The summed E-state index contributed by atoms with van der Waals surface area (Å²) < 4.78 is 0. The molecule has 7 nitrogen and oxygen atoms in total. The first kappa shape index (κ1) is 17.2.